The van der Waals surface area contributed by atoms with Gasteiger partial charge < -0.3 is 5.11 Å². The summed E-state index contributed by atoms with van der Waals surface area (Å²) in [7, 11) is -3.38. The average molecular weight is 291 g/mol. The summed E-state index contributed by atoms with van der Waals surface area (Å²) in [5, 5.41) is 9.27. The Morgan fingerprint density at radius 1 is 1.21 bits per heavy atom. The van der Waals surface area contributed by atoms with Crippen LogP contribution in [0.5, 0.6) is 0 Å². The van der Waals surface area contributed by atoms with Crippen molar-refractivity contribution >= 4 is 16.0 Å². The first-order chi connectivity index (χ1) is 8.40. The first-order valence-electron chi connectivity index (χ1n) is 6.64. The molecule has 0 bridgehead atoms. The molecular weight excluding hydrogens is 266 g/mol. The summed E-state index contributed by atoms with van der Waals surface area (Å²) in [6.45, 7) is 9.17. The summed E-state index contributed by atoms with van der Waals surface area (Å²) < 4.78 is 25.5. The van der Waals surface area contributed by atoms with Gasteiger partial charge in [0.05, 0.1) is 10.2 Å². The molecule has 5 nitrogen and oxygen atoms in total. The Hall–Kier alpha value is -0.620. The molecule has 0 aliphatic carbocycles. The molecule has 1 aliphatic rings. The second kappa shape index (κ2) is 5.05. The number of carbonyl (C=O) groups is 1. The zero-order valence-corrected chi connectivity index (χ0v) is 13.2. The van der Waals surface area contributed by atoms with Crippen molar-refractivity contribution in [3.63, 3.8) is 0 Å². The van der Waals surface area contributed by atoms with Crippen LogP contribution in [0.25, 0.3) is 0 Å². The number of carboxylic acid groups (broad SMARTS) is 1. The number of carboxylic acids is 1. The van der Waals surface area contributed by atoms with Crippen molar-refractivity contribution in [1.82, 2.24) is 4.31 Å². The third-order valence-electron chi connectivity index (χ3n) is 4.07. The van der Waals surface area contributed by atoms with E-state index in [4.69, 9.17) is 0 Å². The number of rotatable bonds is 3. The lowest BCUT2D eigenvalue weighted by Gasteiger charge is -2.40. The molecule has 0 radical (unpaired) electrons. The van der Waals surface area contributed by atoms with Gasteiger partial charge in [0.2, 0.25) is 10.0 Å². The molecule has 0 aromatic heterocycles. The van der Waals surface area contributed by atoms with E-state index in [0.717, 1.165) is 12.8 Å². The van der Waals surface area contributed by atoms with Gasteiger partial charge in [-0.3, -0.25) is 4.79 Å². The van der Waals surface area contributed by atoms with Gasteiger partial charge >= 0.3 is 5.97 Å². The predicted molar refractivity (Wildman–Crippen MR) is 74.4 cm³/mol. The largest absolute Gasteiger partial charge is 0.481 e. The molecule has 1 aliphatic heterocycles. The van der Waals surface area contributed by atoms with Crippen LogP contribution in [-0.4, -0.2) is 41.6 Å². The van der Waals surface area contributed by atoms with Crippen LogP contribution in [-0.2, 0) is 14.8 Å². The highest BCUT2D eigenvalue weighted by molar-refractivity contribution is 7.90. The standard InChI is InChI=1S/C13H25NO4S/c1-12(2,3)19(17,18)14-8-6-7-10(9-14)13(4,5)11(15)16/h10H,6-9H2,1-5H3,(H,15,16). The molecule has 1 rings (SSSR count). The number of sulfonamides is 1. The maximum Gasteiger partial charge on any atom is 0.309 e. The van der Waals surface area contributed by atoms with Crippen LogP contribution in [0, 0.1) is 11.3 Å². The first-order valence-corrected chi connectivity index (χ1v) is 8.08. The van der Waals surface area contributed by atoms with Gasteiger partial charge in [0, 0.05) is 13.1 Å². The molecule has 1 unspecified atom stereocenters. The average Bonchev–Trinajstić information content (AvgIpc) is 2.27. The highest BCUT2D eigenvalue weighted by atomic mass is 32.2. The smallest absolute Gasteiger partial charge is 0.309 e. The molecule has 1 N–H and O–H groups in total. The van der Waals surface area contributed by atoms with E-state index in [0.29, 0.717) is 13.1 Å². The maximum atomic E-state index is 12.4. The van der Waals surface area contributed by atoms with E-state index in [1.807, 2.05) is 0 Å². The van der Waals surface area contributed by atoms with Gasteiger partial charge in [-0.25, -0.2) is 12.7 Å². The quantitative estimate of drug-likeness (QED) is 0.862. The molecule has 1 fully saturated rings. The van der Waals surface area contributed by atoms with Crippen LogP contribution in [0.15, 0.2) is 0 Å². The normalized spacial score (nSPS) is 23.3. The fraction of sp³-hybridized carbons (Fsp3) is 0.923. The van der Waals surface area contributed by atoms with Crippen LogP contribution >= 0.6 is 0 Å². The fourth-order valence-electron chi connectivity index (χ4n) is 2.31. The highest BCUT2D eigenvalue weighted by Gasteiger charge is 2.44. The molecule has 0 spiro atoms. The van der Waals surface area contributed by atoms with Crippen molar-refractivity contribution in [3.05, 3.63) is 0 Å². The highest BCUT2D eigenvalue weighted by Crippen LogP contribution is 2.36. The Kier molecular flexibility index (Phi) is 4.37. The van der Waals surface area contributed by atoms with E-state index in [9.17, 15) is 18.3 Å². The zero-order chi connectivity index (χ0) is 15.1. The number of hydrogen-bond acceptors (Lipinski definition) is 3. The monoisotopic (exact) mass is 291 g/mol. The topological polar surface area (TPSA) is 74.7 Å². The summed E-state index contributed by atoms with van der Waals surface area (Å²) in [5.74, 6) is -1.01. The molecule has 112 valence electrons. The van der Waals surface area contributed by atoms with Gasteiger partial charge in [0.25, 0.3) is 0 Å². The van der Waals surface area contributed by atoms with E-state index in [1.54, 1.807) is 34.6 Å². The molecule has 1 heterocycles. The van der Waals surface area contributed by atoms with Gasteiger partial charge in [-0.15, -0.1) is 0 Å². The lowest BCUT2D eigenvalue weighted by atomic mass is 9.75. The van der Waals surface area contributed by atoms with Crippen LogP contribution in [0.3, 0.4) is 0 Å². The summed E-state index contributed by atoms with van der Waals surface area (Å²) in [4.78, 5) is 11.3. The molecule has 1 atom stereocenters. The van der Waals surface area contributed by atoms with Gasteiger partial charge in [-0.1, -0.05) is 0 Å². The van der Waals surface area contributed by atoms with Crippen LogP contribution < -0.4 is 0 Å². The zero-order valence-electron chi connectivity index (χ0n) is 12.4. The second-order valence-electron chi connectivity index (χ2n) is 6.84. The maximum absolute atomic E-state index is 12.4. The number of piperidine rings is 1. The molecular formula is C13H25NO4S. The van der Waals surface area contributed by atoms with Crippen molar-refractivity contribution in [2.45, 2.75) is 52.2 Å². The van der Waals surface area contributed by atoms with Gasteiger partial charge in [0.15, 0.2) is 0 Å². The molecule has 0 amide bonds. The van der Waals surface area contributed by atoms with Crippen LogP contribution in [0.4, 0.5) is 0 Å². The molecule has 0 aromatic rings. The number of hydrogen-bond donors (Lipinski definition) is 1. The summed E-state index contributed by atoms with van der Waals surface area (Å²) in [6.07, 6.45) is 1.48. The number of nitrogens with zero attached hydrogens (tertiary/aromatic N) is 1. The summed E-state index contributed by atoms with van der Waals surface area (Å²) >= 11 is 0. The Morgan fingerprint density at radius 2 is 1.74 bits per heavy atom. The Bertz CT molecular complexity index is 448. The van der Waals surface area contributed by atoms with Gasteiger partial charge in [0.1, 0.15) is 0 Å². The SMILES string of the molecule is CC(C)(C(=O)O)C1CCCN(S(=O)(=O)C(C)(C)C)C1. The van der Waals surface area contributed by atoms with Crippen LogP contribution in [0.1, 0.15) is 47.5 Å². The predicted octanol–water partition coefficient (Wildman–Crippen LogP) is 1.94. The van der Waals surface area contributed by atoms with Crippen molar-refractivity contribution in [1.29, 1.82) is 0 Å². The minimum absolute atomic E-state index is 0.143. The second-order valence-corrected chi connectivity index (χ2v) is 9.53. The molecule has 1 saturated heterocycles. The molecule has 19 heavy (non-hydrogen) atoms. The van der Waals surface area contributed by atoms with E-state index < -0.39 is 26.2 Å². The van der Waals surface area contributed by atoms with Gasteiger partial charge in [-0.2, -0.15) is 0 Å². The van der Waals surface area contributed by atoms with E-state index >= 15 is 0 Å². The minimum Gasteiger partial charge on any atom is -0.481 e. The van der Waals surface area contributed by atoms with E-state index in [2.05, 4.69) is 0 Å². The fourth-order valence-corrected chi connectivity index (χ4v) is 3.83. The third-order valence-corrected chi connectivity index (χ3v) is 6.63. The van der Waals surface area contributed by atoms with Crippen molar-refractivity contribution in [2.24, 2.45) is 11.3 Å². The van der Waals surface area contributed by atoms with Crippen molar-refractivity contribution < 1.29 is 18.3 Å². The minimum atomic E-state index is -3.38. The molecule has 0 aromatic carbocycles. The summed E-state index contributed by atoms with van der Waals surface area (Å²) in [5.41, 5.74) is -0.897. The van der Waals surface area contributed by atoms with E-state index in [-0.39, 0.29) is 5.92 Å². The molecule has 6 heteroatoms. The Morgan fingerprint density at radius 3 is 2.16 bits per heavy atom. The Labute approximate surface area is 116 Å². The van der Waals surface area contributed by atoms with Crippen molar-refractivity contribution in [2.75, 3.05) is 13.1 Å². The van der Waals surface area contributed by atoms with Gasteiger partial charge in [-0.05, 0) is 53.4 Å². The lowest BCUT2D eigenvalue weighted by molar-refractivity contribution is -0.151. The first kappa shape index (κ1) is 16.4. The van der Waals surface area contributed by atoms with E-state index in [1.165, 1.54) is 4.31 Å². The lowest BCUT2D eigenvalue weighted by Crippen LogP contribution is -2.51. The Balaban J connectivity index is 2.96. The van der Waals surface area contributed by atoms with Crippen LogP contribution in [0.2, 0.25) is 0 Å². The summed E-state index contributed by atoms with van der Waals surface area (Å²) in [6, 6.07) is 0. The number of aliphatic carboxylic acids is 1. The third kappa shape index (κ3) is 3.11. The van der Waals surface area contributed by atoms with Crippen molar-refractivity contribution in [3.8, 4) is 0 Å². The molecule has 0 saturated carbocycles.